The van der Waals surface area contributed by atoms with Crippen LogP contribution in [0.25, 0.3) is 12.2 Å². The summed E-state index contributed by atoms with van der Waals surface area (Å²) >= 11 is 0. The maximum atomic E-state index is 5.97. The number of hydrogen-bond acceptors (Lipinski definition) is 4. The zero-order valence-electron chi connectivity index (χ0n) is 13.1. The van der Waals surface area contributed by atoms with Gasteiger partial charge in [0.2, 0.25) is 0 Å². The molecule has 1 aliphatic carbocycles. The van der Waals surface area contributed by atoms with Gasteiger partial charge in [0, 0.05) is 18.3 Å². The van der Waals surface area contributed by atoms with Crippen molar-refractivity contribution < 1.29 is 4.74 Å². The van der Waals surface area contributed by atoms with E-state index in [9.17, 15) is 0 Å². The van der Waals surface area contributed by atoms with Crippen LogP contribution in [0.2, 0.25) is 0 Å². The Morgan fingerprint density at radius 1 is 1.14 bits per heavy atom. The van der Waals surface area contributed by atoms with Gasteiger partial charge in [0.25, 0.3) is 0 Å². The quantitative estimate of drug-likeness (QED) is 0.710. The number of allylic oxidation sites excluding steroid dienone is 2. The van der Waals surface area contributed by atoms with E-state index < -0.39 is 0 Å². The maximum absolute atomic E-state index is 5.97. The molecule has 1 aromatic heterocycles. The first-order chi connectivity index (χ1) is 10.2. The Kier molecular flexibility index (Phi) is 5.56. The Morgan fingerprint density at radius 2 is 1.86 bits per heavy atom. The Labute approximate surface area is 127 Å². The molecule has 0 spiro atoms. The van der Waals surface area contributed by atoms with Crippen LogP contribution in [0.1, 0.15) is 26.1 Å². The number of aromatic nitrogens is 2. The van der Waals surface area contributed by atoms with E-state index in [0.29, 0.717) is 0 Å². The van der Waals surface area contributed by atoms with Crippen molar-refractivity contribution in [1.29, 1.82) is 0 Å². The van der Waals surface area contributed by atoms with Gasteiger partial charge in [-0.1, -0.05) is 37.5 Å². The SMILES string of the molecule is CC.[B]C1=CCC=c2nc(C)nc(N3CCOCC3)c2=C1. The molecule has 0 amide bonds. The van der Waals surface area contributed by atoms with Gasteiger partial charge in [-0.25, -0.2) is 9.97 Å². The van der Waals surface area contributed by atoms with E-state index in [2.05, 4.69) is 20.9 Å². The van der Waals surface area contributed by atoms with Gasteiger partial charge in [0.15, 0.2) is 0 Å². The molecule has 0 N–H and O–H groups in total. The van der Waals surface area contributed by atoms with Crippen LogP contribution in [0.5, 0.6) is 0 Å². The largest absolute Gasteiger partial charge is 0.378 e. The Morgan fingerprint density at radius 3 is 2.57 bits per heavy atom. The minimum absolute atomic E-state index is 0.743. The highest BCUT2D eigenvalue weighted by molar-refractivity contribution is 6.26. The maximum Gasteiger partial charge on any atom is 0.140 e. The standard InChI is InChI=1S/C14H16BN3O.C2H6/c1-10-16-13-4-2-3-11(15)9-12(13)14(17-10)18-5-7-19-8-6-18;1-2/h3-4,9H,2,5-8H2,1H3;1-2H3. The summed E-state index contributed by atoms with van der Waals surface area (Å²) < 4.78 is 5.40. The highest BCUT2D eigenvalue weighted by atomic mass is 16.5. The number of morpholine rings is 1. The molecule has 0 atom stereocenters. The second kappa shape index (κ2) is 7.41. The molecule has 0 unspecified atom stereocenters. The molecular weight excluding hydrogens is 261 g/mol. The smallest absolute Gasteiger partial charge is 0.140 e. The number of aryl methyl sites for hydroxylation is 1. The molecule has 3 rings (SSSR count). The first-order valence-electron chi connectivity index (χ1n) is 7.59. The number of fused-ring (bicyclic) bond motifs is 1. The summed E-state index contributed by atoms with van der Waals surface area (Å²) in [6, 6.07) is 0. The van der Waals surface area contributed by atoms with Crippen molar-refractivity contribution in [1.82, 2.24) is 9.97 Å². The van der Waals surface area contributed by atoms with E-state index in [0.717, 1.165) is 60.4 Å². The third-order valence-corrected chi connectivity index (χ3v) is 3.35. The number of hydrogen-bond donors (Lipinski definition) is 0. The minimum Gasteiger partial charge on any atom is -0.378 e. The molecule has 0 saturated carbocycles. The van der Waals surface area contributed by atoms with E-state index in [4.69, 9.17) is 12.6 Å². The Bertz CT molecular complexity index is 634. The fourth-order valence-electron chi connectivity index (χ4n) is 2.43. The summed E-state index contributed by atoms with van der Waals surface area (Å²) in [6.07, 6.45) is 6.89. The third kappa shape index (κ3) is 3.73. The molecule has 1 fully saturated rings. The highest BCUT2D eigenvalue weighted by Gasteiger charge is 2.15. The van der Waals surface area contributed by atoms with Gasteiger partial charge in [-0.15, -0.1) is 0 Å². The highest BCUT2D eigenvalue weighted by Crippen LogP contribution is 2.08. The van der Waals surface area contributed by atoms with Crippen molar-refractivity contribution in [3.63, 3.8) is 0 Å². The normalized spacial score (nSPS) is 17.3. The van der Waals surface area contributed by atoms with Gasteiger partial charge in [0.1, 0.15) is 19.5 Å². The average molecular weight is 283 g/mol. The Hall–Kier alpha value is -1.62. The summed E-state index contributed by atoms with van der Waals surface area (Å²) in [5, 5.41) is 2.00. The monoisotopic (exact) mass is 283 g/mol. The average Bonchev–Trinajstić information content (AvgIpc) is 2.70. The summed E-state index contributed by atoms with van der Waals surface area (Å²) in [5.74, 6) is 1.77. The zero-order chi connectivity index (χ0) is 15.2. The molecule has 0 aromatic carbocycles. The van der Waals surface area contributed by atoms with Gasteiger partial charge < -0.3 is 9.64 Å². The fraction of sp³-hybridized carbons (Fsp3) is 0.500. The van der Waals surface area contributed by atoms with E-state index >= 15 is 0 Å². The van der Waals surface area contributed by atoms with Gasteiger partial charge in [0.05, 0.1) is 18.6 Å². The fourth-order valence-corrected chi connectivity index (χ4v) is 2.43. The van der Waals surface area contributed by atoms with E-state index in [-0.39, 0.29) is 0 Å². The summed E-state index contributed by atoms with van der Waals surface area (Å²) in [4.78, 5) is 11.4. The second-order valence-corrected chi connectivity index (χ2v) is 4.78. The summed E-state index contributed by atoms with van der Waals surface area (Å²) in [6.45, 7) is 9.14. The first kappa shape index (κ1) is 15.8. The molecule has 2 aliphatic rings. The minimum atomic E-state index is 0.743. The van der Waals surface area contributed by atoms with Crippen LogP contribution in [0, 0.1) is 6.92 Å². The summed E-state index contributed by atoms with van der Waals surface area (Å²) in [7, 11) is 5.97. The molecule has 1 aromatic rings. The lowest BCUT2D eigenvalue weighted by molar-refractivity contribution is 0.122. The van der Waals surface area contributed by atoms with Crippen LogP contribution in [0.3, 0.4) is 0 Å². The van der Waals surface area contributed by atoms with Crippen molar-refractivity contribution in [2.75, 3.05) is 31.2 Å². The molecule has 2 heterocycles. The molecular formula is C16H22BN3O. The lowest BCUT2D eigenvalue weighted by Crippen LogP contribution is -2.44. The molecule has 0 bridgehead atoms. The van der Waals surface area contributed by atoms with Crippen LogP contribution >= 0.6 is 0 Å². The molecule has 1 saturated heterocycles. The third-order valence-electron chi connectivity index (χ3n) is 3.35. The van der Waals surface area contributed by atoms with Crippen molar-refractivity contribution >= 4 is 25.8 Å². The predicted molar refractivity (Wildman–Crippen MR) is 87.8 cm³/mol. The van der Waals surface area contributed by atoms with E-state index in [1.807, 2.05) is 32.9 Å². The van der Waals surface area contributed by atoms with Gasteiger partial charge in [-0.05, 0) is 13.3 Å². The van der Waals surface area contributed by atoms with E-state index in [1.165, 1.54) is 0 Å². The molecule has 4 nitrogen and oxygen atoms in total. The zero-order valence-corrected chi connectivity index (χ0v) is 13.1. The molecule has 110 valence electrons. The van der Waals surface area contributed by atoms with Crippen molar-refractivity contribution in [2.24, 2.45) is 0 Å². The van der Waals surface area contributed by atoms with Crippen molar-refractivity contribution in [3.05, 3.63) is 27.9 Å². The van der Waals surface area contributed by atoms with Crippen LogP contribution in [0.15, 0.2) is 11.5 Å². The summed E-state index contributed by atoms with van der Waals surface area (Å²) in [5.41, 5.74) is 0.775. The molecule has 1 aliphatic heterocycles. The van der Waals surface area contributed by atoms with Crippen molar-refractivity contribution in [3.8, 4) is 0 Å². The lowest BCUT2D eigenvalue weighted by atomic mass is 9.94. The molecule has 2 radical (unpaired) electrons. The number of ether oxygens (including phenoxy) is 1. The van der Waals surface area contributed by atoms with Gasteiger partial charge in [-0.2, -0.15) is 0 Å². The predicted octanol–water partition coefficient (Wildman–Crippen LogP) is 0.665. The van der Waals surface area contributed by atoms with Gasteiger partial charge >= 0.3 is 0 Å². The van der Waals surface area contributed by atoms with Crippen LogP contribution in [0.4, 0.5) is 5.82 Å². The van der Waals surface area contributed by atoms with Crippen molar-refractivity contribution in [2.45, 2.75) is 27.2 Å². The number of nitrogens with zero attached hydrogens (tertiary/aromatic N) is 3. The van der Waals surface area contributed by atoms with Crippen LogP contribution in [-0.2, 0) is 4.74 Å². The Balaban J connectivity index is 0.000000774. The topological polar surface area (TPSA) is 38.2 Å². The molecule has 5 heteroatoms. The second-order valence-electron chi connectivity index (χ2n) is 4.78. The van der Waals surface area contributed by atoms with E-state index in [1.54, 1.807) is 0 Å². The lowest BCUT2D eigenvalue weighted by Gasteiger charge is -2.28. The number of anilines is 1. The van der Waals surface area contributed by atoms with Gasteiger partial charge in [-0.3, -0.25) is 0 Å². The van der Waals surface area contributed by atoms with Crippen LogP contribution < -0.4 is 15.5 Å². The van der Waals surface area contributed by atoms with Crippen LogP contribution in [-0.4, -0.2) is 44.1 Å². The number of rotatable bonds is 1. The molecule has 21 heavy (non-hydrogen) atoms. The first-order valence-corrected chi connectivity index (χ1v) is 7.59.